The molecule has 1 aromatic rings. The smallest absolute Gasteiger partial charge is 0.330 e. The first-order chi connectivity index (χ1) is 16.1. The molecule has 2 heterocycles. The summed E-state index contributed by atoms with van der Waals surface area (Å²) in [5, 5.41) is -0.241. The third-order valence-corrected chi connectivity index (χ3v) is 12.1. The molecule has 206 valence electrons. The number of hydrogen-bond acceptors (Lipinski definition) is 10. The van der Waals surface area contributed by atoms with Crippen molar-refractivity contribution in [2.75, 3.05) is 19.1 Å². The van der Waals surface area contributed by atoms with Gasteiger partial charge >= 0.3 is 5.69 Å². The molecule has 1 aliphatic heterocycles. The van der Waals surface area contributed by atoms with Crippen LogP contribution in [0.25, 0.3) is 0 Å². The summed E-state index contributed by atoms with van der Waals surface area (Å²) in [5.41, 5.74) is -1.53. The fourth-order valence-electron chi connectivity index (χ4n) is 3.71. The number of nitrogens with zero attached hydrogens (tertiary/aromatic N) is 2. The van der Waals surface area contributed by atoms with Crippen LogP contribution >= 0.6 is 0 Å². The molecule has 1 fully saturated rings. The van der Waals surface area contributed by atoms with Crippen LogP contribution in [0.5, 0.6) is 0 Å². The predicted molar refractivity (Wildman–Crippen MR) is 134 cm³/mol. The molecular formula is C20H35N3O10S2Si. The van der Waals surface area contributed by atoms with Crippen LogP contribution in [0.2, 0.25) is 18.1 Å². The van der Waals surface area contributed by atoms with Crippen LogP contribution in [0.3, 0.4) is 0 Å². The molecule has 1 aliphatic rings. The molecule has 0 bridgehead atoms. The van der Waals surface area contributed by atoms with Gasteiger partial charge in [-0.3, -0.25) is 27.5 Å². The molecule has 0 spiro atoms. The monoisotopic (exact) mass is 569 g/mol. The molecular weight excluding hydrogens is 534 g/mol. The number of carbonyl (C=O) groups excluding carboxylic acids is 1. The molecule has 2 rings (SSSR count). The topological polar surface area (TPSA) is 171 Å². The normalized spacial score (nSPS) is 23.8. The Hall–Kier alpha value is -1.85. The fourth-order valence-corrected chi connectivity index (χ4v) is 5.98. The van der Waals surface area contributed by atoms with Crippen molar-refractivity contribution in [3.8, 4) is 0 Å². The first kappa shape index (κ1) is 30.4. The van der Waals surface area contributed by atoms with Crippen molar-refractivity contribution in [2.45, 2.75) is 77.2 Å². The van der Waals surface area contributed by atoms with E-state index >= 15 is 0 Å². The molecule has 1 saturated heterocycles. The number of H-pyrrole nitrogens is 1. The maximum atomic E-state index is 12.9. The van der Waals surface area contributed by atoms with Crippen molar-refractivity contribution < 1.29 is 34.4 Å². The number of rotatable bonds is 8. The average Bonchev–Trinajstić information content (AvgIpc) is 2.92. The summed E-state index contributed by atoms with van der Waals surface area (Å²) in [6, 6.07) is -1.15. The van der Waals surface area contributed by atoms with Crippen LogP contribution < -0.4 is 11.2 Å². The Kier molecular flexibility index (Phi) is 8.55. The van der Waals surface area contributed by atoms with Gasteiger partial charge in [-0.15, -0.1) is 0 Å². The molecule has 0 radical (unpaired) electrons. The average molecular weight is 570 g/mol. The highest BCUT2D eigenvalue weighted by atomic mass is 32.2. The lowest BCUT2D eigenvalue weighted by Crippen LogP contribution is -2.50. The Bertz CT molecular complexity index is 1330. The van der Waals surface area contributed by atoms with E-state index < -0.39 is 70.1 Å². The summed E-state index contributed by atoms with van der Waals surface area (Å²) in [6.07, 6.45) is -2.00. The summed E-state index contributed by atoms with van der Waals surface area (Å²) in [5.74, 6) is -0.624. The second-order valence-electron chi connectivity index (χ2n) is 10.5. The lowest BCUT2D eigenvalue weighted by molar-refractivity contribution is -0.135. The Morgan fingerprint density at radius 2 is 1.56 bits per heavy atom. The minimum atomic E-state index is -4.24. The second kappa shape index (κ2) is 10.1. The molecule has 0 aromatic carbocycles. The van der Waals surface area contributed by atoms with E-state index in [1.54, 1.807) is 0 Å². The van der Waals surface area contributed by atoms with Crippen molar-refractivity contribution in [2.24, 2.45) is 0 Å². The third-order valence-electron chi connectivity index (χ3n) is 6.43. The Labute approximate surface area is 212 Å². The molecule has 13 nitrogen and oxygen atoms in total. The first-order valence-corrected chi connectivity index (χ1v) is 17.6. The SMILES string of the molecule is CC(=O)N1[C@H](CO[Si](C)(C)C(C)(C)C)[C@@H](OS(C)(=O)=O)[C@@H](OS(C)(=O)=O)[C@@H]1n1cc(C)c(=O)[nH]c1=O. The van der Waals surface area contributed by atoms with E-state index in [0.717, 1.165) is 28.2 Å². The first-order valence-electron chi connectivity index (χ1n) is 11.1. The van der Waals surface area contributed by atoms with E-state index in [2.05, 4.69) is 4.98 Å². The molecule has 36 heavy (non-hydrogen) atoms. The summed E-state index contributed by atoms with van der Waals surface area (Å²) in [6.45, 7) is 12.2. The van der Waals surface area contributed by atoms with Crippen molar-refractivity contribution in [1.29, 1.82) is 0 Å². The number of hydrogen-bond donors (Lipinski definition) is 1. The standard InChI is InChI=1S/C20H35N3O10S2Si/c1-12-10-22(19(26)21-17(12)25)18-16(33-35(7,29)30)15(32-34(6,27)28)14(23(18)13(2)24)11-31-36(8,9)20(3,4)5/h10,14-16,18H,11H2,1-9H3,(H,21,25,26)/t14-,15-,16-,18-/m1/s1. The number of aromatic nitrogens is 2. The maximum Gasteiger partial charge on any atom is 0.330 e. The van der Waals surface area contributed by atoms with Crippen molar-refractivity contribution in [1.82, 2.24) is 14.5 Å². The Morgan fingerprint density at radius 3 is 2.00 bits per heavy atom. The summed E-state index contributed by atoms with van der Waals surface area (Å²) < 4.78 is 66.6. The van der Waals surface area contributed by atoms with Crippen LogP contribution in [-0.4, -0.2) is 82.9 Å². The fraction of sp³-hybridized carbons (Fsp3) is 0.750. The van der Waals surface area contributed by atoms with E-state index in [-0.39, 0.29) is 17.2 Å². The molecule has 16 heteroatoms. The third kappa shape index (κ3) is 6.92. The summed E-state index contributed by atoms with van der Waals surface area (Å²) in [4.78, 5) is 40.9. The van der Waals surface area contributed by atoms with E-state index in [1.807, 2.05) is 33.9 Å². The molecule has 1 N–H and O–H groups in total. The van der Waals surface area contributed by atoms with Gasteiger partial charge in [-0.2, -0.15) is 16.8 Å². The minimum absolute atomic E-state index is 0.0952. The van der Waals surface area contributed by atoms with E-state index in [0.29, 0.717) is 0 Å². The number of aromatic amines is 1. The number of carbonyl (C=O) groups is 1. The van der Waals surface area contributed by atoms with Gasteiger partial charge in [-0.05, 0) is 25.1 Å². The minimum Gasteiger partial charge on any atom is -0.415 e. The van der Waals surface area contributed by atoms with Crippen molar-refractivity contribution in [3.63, 3.8) is 0 Å². The predicted octanol–water partition coefficient (Wildman–Crippen LogP) is 0.286. The zero-order chi connectivity index (χ0) is 28.0. The molecule has 4 atom stereocenters. The second-order valence-corrected chi connectivity index (χ2v) is 18.5. The molecule has 0 saturated carbocycles. The van der Waals surface area contributed by atoms with E-state index in [1.165, 1.54) is 13.8 Å². The number of amides is 1. The van der Waals surface area contributed by atoms with Gasteiger partial charge in [0.25, 0.3) is 25.8 Å². The summed E-state index contributed by atoms with van der Waals surface area (Å²) >= 11 is 0. The van der Waals surface area contributed by atoms with Gasteiger partial charge in [0.05, 0.1) is 25.2 Å². The van der Waals surface area contributed by atoms with Crippen LogP contribution in [-0.2, 0) is 37.8 Å². The number of aryl methyl sites for hydroxylation is 1. The summed E-state index contributed by atoms with van der Waals surface area (Å²) in [7, 11) is -10.9. The van der Waals surface area contributed by atoms with Gasteiger partial charge in [0.2, 0.25) is 5.91 Å². The molecule has 0 aliphatic carbocycles. The van der Waals surface area contributed by atoms with Crippen LogP contribution in [0.4, 0.5) is 0 Å². The van der Waals surface area contributed by atoms with Gasteiger partial charge in [0.15, 0.2) is 8.32 Å². The lowest BCUT2D eigenvalue weighted by atomic mass is 10.1. The number of likely N-dealkylation sites (tertiary alicyclic amines) is 1. The highest BCUT2D eigenvalue weighted by Crippen LogP contribution is 2.41. The number of nitrogens with one attached hydrogen (secondary N) is 1. The highest BCUT2D eigenvalue weighted by molar-refractivity contribution is 7.86. The largest absolute Gasteiger partial charge is 0.415 e. The Balaban J connectivity index is 2.80. The van der Waals surface area contributed by atoms with Gasteiger partial charge in [-0.25, -0.2) is 4.79 Å². The molecule has 1 amide bonds. The van der Waals surface area contributed by atoms with Gasteiger partial charge in [0, 0.05) is 18.7 Å². The molecule has 0 unspecified atom stereocenters. The van der Waals surface area contributed by atoms with Crippen LogP contribution in [0.15, 0.2) is 15.8 Å². The zero-order valence-electron chi connectivity index (χ0n) is 21.9. The van der Waals surface area contributed by atoms with Gasteiger partial charge < -0.3 is 9.33 Å². The molecule has 1 aromatic heterocycles. The van der Waals surface area contributed by atoms with E-state index in [4.69, 9.17) is 12.8 Å². The quantitative estimate of drug-likeness (QED) is 0.339. The lowest BCUT2D eigenvalue weighted by Gasteiger charge is -2.38. The van der Waals surface area contributed by atoms with Crippen molar-refractivity contribution in [3.05, 3.63) is 32.6 Å². The van der Waals surface area contributed by atoms with E-state index in [9.17, 15) is 31.2 Å². The van der Waals surface area contributed by atoms with Gasteiger partial charge in [0.1, 0.15) is 18.4 Å². The zero-order valence-corrected chi connectivity index (χ0v) is 24.5. The van der Waals surface area contributed by atoms with Gasteiger partial charge in [-0.1, -0.05) is 20.8 Å². The van der Waals surface area contributed by atoms with Crippen molar-refractivity contribution >= 4 is 34.5 Å². The maximum absolute atomic E-state index is 12.9. The van der Waals surface area contributed by atoms with Crippen LogP contribution in [0.1, 0.15) is 39.4 Å². The van der Waals surface area contributed by atoms with Crippen LogP contribution in [0, 0.1) is 6.92 Å². The Morgan fingerprint density at radius 1 is 1.06 bits per heavy atom. The highest BCUT2D eigenvalue weighted by Gasteiger charge is 2.56.